The lowest BCUT2D eigenvalue weighted by Gasteiger charge is -2.42. The lowest BCUT2D eigenvalue weighted by molar-refractivity contribution is -0.156. The van der Waals surface area contributed by atoms with Crippen LogP contribution in [0.25, 0.3) is 0 Å². The summed E-state index contributed by atoms with van der Waals surface area (Å²) >= 11 is 0. The number of carbonyl (C=O) groups is 2. The van der Waals surface area contributed by atoms with Gasteiger partial charge >= 0.3 is 0 Å². The largest absolute Gasteiger partial charge is 0.491 e. The fourth-order valence-electron chi connectivity index (χ4n) is 4.40. The van der Waals surface area contributed by atoms with Gasteiger partial charge in [-0.1, -0.05) is 52.2 Å². The molecule has 2 aliphatic rings. The van der Waals surface area contributed by atoms with E-state index in [0.29, 0.717) is 18.6 Å². The van der Waals surface area contributed by atoms with Gasteiger partial charge in [0.2, 0.25) is 11.8 Å². The van der Waals surface area contributed by atoms with Crippen LogP contribution in [0.4, 0.5) is 0 Å². The summed E-state index contributed by atoms with van der Waals surface area (Å²) in [5, 5.41) is 10.3. The van der Waals surface area contributed by atoms with Gasteiger partial charge in [-0.25, -0.2) is 0 Å². The predicted octanol–water partition coefficient (Wildman–Crippen LogP) is 3.82. The van der Waals surface area contributed by atoms with Crippen LogP contribution >= 0.6 is 0 Å². The van der Waals surface area contributed by atoms with Crippen molar-refractivity contribution < 1.29 is 19.4 Å². The molecule has 154 valence electrons. The molecule has 1 saturated carbocycles. The third-order valence-corrected chi connectivity index (χ3v) is 6.12. The van der Waals surface area contributed by atoms with E-state index in [2.05, 4.69) is 20.8 Å². The smallest absolute Gasteiger partial charge is 0.229 e. The summed E-state index contributed by atoms with van der Waals surface area (Å²) in [6.07, 6.45) is 5.30. The molecule has 5 heteroatoms. The van der Waals surface area contributed by atoms with Gasteiger partial charge in [-0.2, -0.15) is 0 Å². The predicted molar refractivity (Wildman–Crippen MR) is 108 cm³/mol. The molecule has 1 unspecified atom stereocenters. The van der Waals surface area contributed by atoms with E-state index < -0.39 is 6.10 Å². The number of likely N-dealkylation sites (tertiary alicyclic amines) is 1. The number of amides is 2. The van der Waals surface area contributed by atoms with Crippen molar-refractivity contribution in [2.45, 2.75) is 77.2 Å². The number of nitrogens with zero attached hydrogens (tertiary/aromatic N) is 1. The van der Waals surface area contributed by atoms with Crippen LogP contribution in [0.15, 0.2) is 24.3 Å². The van der Waals surface area contributed by atoms with Gasteiger partial charge in [0.1, 0.15) is 18.5 Å². The lowest BCUT2D eigenvalue weighted by atomic mass is 9.67. The molecule has 3 rings (SSSR count). The average Bonchev–Trinajstić information content (AvgIpc) is 2.63. The van der Waals surface area contributed by atoms with E-state index in [4.69, 9.17) is 4.74 Å². The Morgan fingerprint density at radius 1 is 1.04 bits per heavy atom. The summed E-state index contributed by atoms with van der Waals surface area (Å²) in [5.41, 5.74) is 1.16. The van der Waals surface area contributed by atoms with Crippen molar-refractivity contribution in [2.24, 2.45) is 5.41 Å². The summed E-state index contributed by atoms with van der Waals surface area (Å²) in [4.78, 5) is 26.4. The second-order valence-corrected chi connectivity index (χ2v) is 9.55. The van der Waals surface area contributed by atoms with Crippen LogP contribution in [0, 0.1) is 5.41 Å². The fourth-order valence-corrected chi connectivity index (χ4v) is 4.40. The van der Waals surface area contributed by atoms with Crippen molar-refractivity contribution in [3.63, 3.8) is 0 Å². The summed E-state index contributed by atoms with van der Waals surface area (Å²) < 4.78 is 5.66. The Morgan fingerprint density at radius 2 is 1.61 bits per heavy atom. The maximum absolute atomic E-state index is 12.6. The monoisotopic (exact) mass is 387 g/mol. The molecule has 1 aromatic carbocycles. The molecule has 1 aromatic rings. The second kappa shape index (κ2) is 8.24. The van der Waals surface area contributed by atoms with Crippen molar-refractivity contribution in [3.05, 3.63) is 29.8 Å². The van der Waals surface area contributed by atoms with Gasteiger partial charge in [0, 0.05) is 12.8 Å². The van der Waals surface area contributed by atoms with E-state index in [-0.39, 0.29) is 35.8 Å². The van der Waals surface area contributed by atoms with Crippen LogP contribution in [0.3, 0.4) is 0 Å². The molecule has 1 heterocycles. The van der Waals surface area contributed by atoms with Gasteiger partial charge in [0.05, 0.1) is 6.54 Å². The summed E-state index contributed by atoms with van der Waals surface area (Å²) in [6, 6.07) is 7.81. The summed E-state index contributed by atoms with van der Waals surface area (Å²) in [5.74, 6) is 0.378. The Kier molecular flexibility index (Phi) is 6.13. The molecule has 0 radical (unpaired) electrons. The first-order chi connectivity index (χ1) is 13.2. The zero-order valence-electron chi connectivity index (χ0n) is 17.4. The Morgan fingerprint density at radius 3 is 2.14 bits per heavy atom. The van der Waals surface area contributed by atoms with Gasteiger partial charge in [-0.05, 0) is 41.4 Å². The molecule has 0 bridgehead atoms. The van der Waals surface area contributed by atoms with Crippen LogP contribution in [0.5, 0.6) is 5.75 Å². The number of hydrogen-bond acceptors (Lipinski definition) is 4. The lowest BCUT2D eigenvalue weighted by Crippen LogP contribution is -2.51. The number of ether oxygens (including phenoxy) is 1. The number of piperidine rings is 1. The Hall–Kier alpha value is -1.88. The minimum atomic E-state index is -0.893. The minimum Gasteiger partial charge on any atom is -0.491 e. The number of β-amino-alcohol motifs (C(OH)–C–C–N with tert-alkyl or cyclic N) is 1. The van der Waals surface area contributed by atoms with Gasteiger partial charge in [-0.3, -0.25) is 14.5 Å². The van der Waals surface area contributed by atoms with Crippen LogP contribution in [0.1, 0.15) is 71.3 Å². The SMILES string of the molecule is CC(C)(C)c1ccc(OCC(O)CN2C(=O)CC3(CCCCC3)CC2=O)cc1. The van der Waals surface area contributed by atoms with Gasteiger partial charge in [0.15, 0.2) is 0 Å². The zero-order valence-corrected chi connectivity index (χ0v) is 17.4. The van der Waals surface area contributed by atoms with Crippen molar-refractivity contribution in [1.29, 1.82) is 0 Å². The maximum atomic E-state index is 12.6. The molecule has 2 amide bonds. The molecule has 1 aliphatic heterocycles. The van der Waals surface area contributed by atoms with Crippen molar-refractivity contribution in [1.82, 2.24) is 4.90 Å². The summed E-state index contributed by atoms with van der Waals surface area (Å²) in [6.45, 7) is 6.51. The molecule has 1 aliphatic carbocycles. The van der Waals surface area contributed by atoms with E-state index in [1.165, 1.54) is 16.9 Å². The highest BCUT2D eigenvalue weighted by molar-refractivity contribution is 5.98. The molecular weight excluding hydrogens is 354 g/mol. The quantitative estimate of drug-likeness (QED) is 0.780. The Bertz CT molecular complexity index is 678. The first-order valence-electron chi connectivity index (χ1n) is 10.4. The van der Waals surface area contributed by atoms with E-state index in [0.717, 1.165) is 25.7 Å². The van der Waals surface area contributed by atoms with Crippen molar-refractivity contribution in [3.8, 4) is 5.75 Å². The van der Waals surface area contributed by atoms with E-state index in [1.54, 1.807) is 0 Å². The normalized spacial score (nSPS) is 21.1. The first kappa shape index (κ1) is 20.8. The van der Waals surface area contributed by atoms with E-state index >= 15 is 0 Å². The minimum absolute atomic E-state index is 0.00776. The highest BCUT2D eigenvalue weighted by Gasteiger charge is 2.44. The van der Waals surface area contributed by atoms with Gasteiger partial charge < -0.3 is 9.84 Å². The number of aliphatic hydroxyl groups is 1. The van der Waals surface area contributed by atoms with Crippen LogP contribution in [-0.4, -0.2) is 41.1 Å². The fraction of sp³-hybridized carbons (Fsp3) is 0.652. The third kappa shape index (κ3) is 4.93. The van der Waals surface area contributed by atoms with Gasteiger partial charge in [-0.15, -0.1) is 0 Å². The van der Waals surface area contributed by atoms with E-state index in [1.807, 2.05) is 24.3 Å². The number of carbonyl (C=O) groups excluding carboxylic acids is 2. The number of imide groups is 1. The second-order valence-electron chi connectivity index (χ2n) is 9.55. The number of rotatable bonds is 5. The molecule has 2 fully saturated rings. The first-order valence-corrected chi connectivity index (χ1v) is 10.4. The maximum Gasteiger partial charge on any atom is 0.229 e. The molecular formula is C23H33NO4. The topological polar surface area (TPSA) is 66.8 Å². The Balaban J connectivity index is 1.51. The molecule has 0 aromatic heterocycles. The molecule has 1 saturated heterocycles. The molecule has 5 nitrogen and oxygen atoms in total. The van der Waals surface area contributed by atoms with Crippen LogP contribution < -0.4 is 4.74 Å². The summed E-state index contributed by atoms with van der Waals surface area (Å²) in [7, 11) is 0. The average molecular weight is 388 g/mol. The third-order valence-electron chi connectivity index (χ3n) is 6.12. The van der Waals surface area contributed by atoms with Gasteiger partial charge in [0.25, 0.3) is 0 Å². The Labute approximate surface area is 168 Å². The molecule has 28 heavy (non-hydrogen) atoms. The van der Waals surface area contributed by atoms with E-state index in [9.17, 15) is 14.7 Å². The highest BCUT2D eigenvalue weighted by atomic mass is 16.5. The number of aliphatic hydroxyl groups excluding tert-OH is 1. The number of benzene rings is 1. The number of hydrogen-bond donors (Lipinski definition) is 1. The standard InChI is InChI=1S/C23H33NO4/c1-22(2,3)17-7-9-19(10-8-17)28-16-18(25)15-24-20(26)13-23(14-21(24)27)11-5-4-6-12-23/h7-10,18,25H,4-6,11-16H2,1-3H3. The molecule has 1 atom stereocenters. The van der Waals surface area contributed by atoms with Crippen molar-refractivity contribution >= 4 is 11.8 Å². The zero-order chi connectivity index (χ0) is 20.4. The van der Waals surface area contributed by atoms with Crippen LogP contribution in [0.2, 0.25) is 0 Å². The van der Waals surface area contributed by atoms with Crippen LogP contribution in [-0.2, 0) is 15.0 Å². The molecule has 1 N–H and O–H groups in total. The van der Waals surface area contributed by atoms with Crippen molar-refractivity contribution in [2.75, 3.05) is 13.2 Å². The highest BCUT2D eigenvalue weighted by Crippen LogP contribution is 2.45. The molecule has 1 spiro atoms.